The fraction of sp³-hybridized carbons (Fsp3) is 0.500. The van der Waals surface area contributed by atoms with Crippen molar-refractivity contribution < 1.29 is 14.8 Å². The molecule has 1 aromatic carbocycles. The number of nitro benzene ring substituents is 1. The Kier molecular flexibility index (Phi) is 3.59. The standard InChI is InChI=1S/C14H15ClN2O4/c15-11-5-8(1-3-12(11)17(20)21)14(19)16-6-9-2-4-13(18)10(9)7-16/h1,3,5,9-10,13,18H,2,4,6-7H2. The van der Waals surface area contributed by atoms with E-state index in [1.165, 1.54) is 18.2 Å². The van der Waals surface area contributed by atoms with Gasteiger partial charge in [-0.1, -0.05) is 11.6 Å². The second-order valence-electron chi connectivity index (χ2n) is 5.70. The van der Waals surface area contributed by atoms with Crippen LogP contribution in [0, 0.1) is 22.0 Å². The molecule has 2 aliphatic rings. The Balaban J connectivity index is 1.77. The van der Waals surface area contributed by atoms with Gasteiger partial charge < -0.3 is 10.0 Å². The number of aliphatic hydroxyl groups is 1. The first kappa shape index (κ1) is 14.3. The van der Waals surface area contributed by atoms with Crippen molar-refractivity contribution in [1.82, 2.24) is 4.90 Å². The number of fused-ring (bicyclic) bond motifs is 1. The monoisotopic (exact) mass is 310 g/mol. The van der Waals surface area contributed by atoms with Gasteiger partial charge in [0, 0.05) is 30.6 Å². The molecule has 0 radical (unpaired) electrons. The summed E-state index contributed by atoms with van der Waals surface area (Å²) in [6.07, 6.45) is 1.42. The van der Waals surface area contributed by atoms with Gasteiger partial charge in [-0.15, -0.1) is 0 Å². The molecule has 1 saturated heterocycles. The zero-order chi connectivity index (χ0) is 15.1. The van der Waals surface area contributed by atoms with Gasteiger partial charge in [-0.2, -0.15) is 0 Å². The van der Waals surface area contributed by atoms with E-state index >= 15 is 0 Å². The average molecular weight is 311 g/mol. The highest BCUT2D eigenvalue weighted by atomic mass is 35.5. The van der Waals surface area contributed by atoms with Gasteiger partial charge in [0.1, 0.15) is 5.02 Å². The Morgan fingerprint density at radius 1 is 1.38 bits per heavy atom. The van der Waals surface area contributed by atoms with E-state index in [0.717, 1.165) is 12.8 Å². The third-order valence-corrected chi connectivity index (χ3v) is 4.80. The lowest BCUT2D eigenvalue weighted by molar-refractivity contribution is -0.384. The quantitative estimate of drug-likeness (QED) is 0.669. The SMILES string of the molecule is O=C(c1ccc([N+](=O)[O-])c(Cl)c1)N1CC2CCC(O)C2C1. The van der Waals surface area contributed by atoms with E-state index in [-0.39, 0.29) is 28.6 Å². The maximum Gasteiger partial charge on any atom is 0.287 e. The molecule has 7 heteroatoms. The van der Waals surface area contributed by atoms with Crippen molar-refractivity contribution in [2.24, 2.45) is 11.8 Å². The molecule has 6 nitrogen and oxygen atoms in total. The fourth-order valence-electron chi connectivity index (χ4n) is 3.37. The highest BCUT2D eigenvalue weighted by molar-refractivity contribution is 6.33. The van der Waals surface area contributed by atoms with Crippen LogP contribution < -0.4 is 0 Å². The highest BCUT2D eigenvalue weighted by Gasteiger charge is 2.43. The molecule has 0 bridgehead atoms. The minimum Gasteiger partial charge on any atom is -0.393 e. The Bertz CT molecular complexity index is 607. The first-order chi connectivity index (χ1) is 9.97. The molecule has 0 spiro atoms. The minimum absolute atomic E-state index is 0.0368. The Morgan fingerprint density at radius 2 is 2.14 bits per heavy atom. The van der Waals surface area contributed by atoms with E-state index in [4.69, 9.17) is 11.6 Å². The van der Waals surface area contributed by atoms with E-state index in [9.17, 15) is 20.0 Å². The normalized spacial score (nSPS) is 27.7. The lowest BCUT2D eigenvalue weighted by Crippen LogP contribution is -2.31. The summed E-state index contributed by atoms with van der Waals surface area (Å²) < 4.78 is 0. The number of amides is 1. The predicted octanol–water partition coefficient (Wildman–Crippen LogP) is 2.09. The fourth-order valence-corrected chi connectivity index (χ4v) is 3.62. The van der Waals surface area contributed by atoms with Crippen LogP contribution in [0.25, 0.3) is 0 Å². The van der Waals surface area contributed by atoms with Crippen LogP contribution in [0.3, 0.4) is 0 Å². The molecular formula is C14H15ClN2O4. The van der Waals surface area contributed by atoms with Crippen LogP contribution in [0.15, 0.2) is 18.2 Å². The molecule has 1 aliphatic carbocycles. The molecule has 1 heterocycles. The average Bonchev–Trinajstić information content (AvgIpc) is 3.00. The second-order valence-corrected chi connectivity index (χ2v) is 6.11. The van der Waals surface area contributed by atoms with Crippen molar-refractivity contribution in [3.63, 3.8) is 0 Å². The first-order valence-corrected chi connectivity index (χ1v) is 7.26. The molecule has 3 atom stereocenters. The van der Waals surface area contributed by atoms with Crippen molar-refractivity contribution in [3.05, 3.63) is 38.9 Å². The third-order valence-electron chi connectivity index (χ3n) is 4.50. The zero-order valence-corrected chi connectivity index (χ0v) is 12.0. The molecule has 112 valence electrons. The van der Waals surface area contributed by atoms with Gasteiger partial charge in [-0.25, -0.2) is 0 Å². The molecule has 1 saturated carbocycles. The molecule has 1 aliphatic heterocycles. The number of nitro groups is 1. The molecule has 1 aromatic rings. The zero-order valence-electron chi connectivity index (χ0n) is 11.2. The summed E-state index contributed by atoms with van der Waals surface area (Å²) in [5.74, 6) is 0.327. The number of nitrogens with zero attached hydrogens (tertiary/aromatic N) is 2. The van der Waals surface area contributed by atoms with Gasteiger partial charge in [0.05, 0.1) is 11.0 Å². The van der Waals surface area contributed by atoms with Crippen molar-refractivity contribution in [2.45, 2.75) is 18.9 Å². The molecule has 0 aromatic heterocycles. The number of aliphatic hydroxyl groups excluding tert-OH is 1. The topological polar surface area (TPSA) is 83.7 Å². The third kappa shape index (κ3) is 2.49. The summed E-state index contributed by atoms with van der Waals surface area (Å²) in [5, 5.41) is 20.6. The van der Waals surface area contributed by atoms with Crippen molar-refractivity contribution in [3.8, 4) is 0 Å². The van der Waals surface area contributed by atoms with Crippen LogP contribution in [-0.4, -0.2) is 40.0 Å². The van der Waals surface area contributed by atoms with Crippen LogP contribution in [0.2, 0.25) is 5.02 Å². The van der Waals surface area contributed by atoms with Gasteiger partial charge >= 0.3 is 0 Å². The van der Waals surface area contributed by atoms with Gasteiger partial charge in [-0.3, -0.25) is 14.9 Å². The number of carbonyl (C=O) groups excluding carboxylic acids is 1. The number of halogens is 1. The minimum atomic E-state index is -0.576. The van der Waals surface area contributed by atoms with E-state index < -0.39 is 4.92 Å². The smallest absolute Gasteiger partial charge is 0.287 e. The Morgan fingerprint density at radius 3 is 2.76 bits per heavy atom. The number of rotatable bonds is 2. The van der Waals surface area contributed by atoms with Gasteiger partial charge in [0.25, 0.3) is 11.6 Å². The van der Waals surface area contributed by atoms with Crippen LogP contribution in [-0.2, 0) is 0 Å². The van der Waals surface area contributed by atoms with Crippen molar-refractivity contribution in [2.75, 3.05) is 13.1 Å². The van der Waals surface area contributed by atoms with Crippen LogP contribution in [0.5, 0.6) is 0 Å². The maximum absolute atomic E-state index is 12.4. The Hall–Kier alpha value is -1.66. The summed E-state index contributed by atoms with van der Waals surface area (Å²) in [5.41, 5.74) is 0.141. The van der Waals surface area contributed by atoms with Crippen molar-refractivity contribution >= 4 is 23.2 Å². The molecule has 3 rings (SSSR count). The lowest BCUT2D eigenvalue weighted by atomic mass is 10.00. The summed E-state index contributed by atoms with van der Waals surface area (Å²) in [6, 6.07) is 4.02. The highest BCUT2D eigenvalue weighted by Crippen LogP contribution is 2.38. The molecule has 21 heavy (non-hydrogen) atoms. The van der Waals surface area contributed by atoms with E-state index in [1.54, 1.807) is 4.90 Å². The molecule has 1 N–H and O–H groups in total. The number of benzene rings is 1. The number of likely N-dealkylation sites (tertiary alicyclic amines) is 1. The molecule has 2 fully saturated rings. The summed E-state index contributed by atoms with van der Waals surface area (Å²) in [4.78, 5) is 24.3. The first-order valence-electron chi connectivity index (χ1n) is 6.88. The number of carbonyl (C=O) groups is 1. The lowest BCUT2D eigenvalue weighted by Gasteiger charge is -2.18. The summed E-state index contributed by atoms with van der Waals surface area (Å²) in [6.45, 7) is 1.18. The largest absolute Gasteiger partial charge is 0.393 e. The number of hydrogen-bond acceptors (Lipinski definition) is 4. The van der Waals surface area contributed by atoms with Crippen LogP contribution >= 0.6 is 11.6 Å². The van der Waals surface area contributed by atoms with Crippen LogP contribution in [0.4, 0.5) is 5.69 Å². The Labute approximate surface area is 126 Å². The van der Waals surface area contributed by atoms with E-state index in [2.05, 4.69) is 0 Å². The van der Waals surface area contributed by atoms with Crippen molar-refractivity contribution in [1.29, 1.82) is 0 Å². The van der Waals surface area contributed by atoms with Gasteiger partial charge in [0.15, 0.2) is 0 Å². The molecular weight excluding hydrogens is 296 g/mol. The number of hydrogen-bond donors (Lipinski definition) is 1. The van der Waals surface area contributed by atoms with Gasteiger partial charge in [-0.05, 0) is 30.9 Å². The second kappa shape index (κ2) is 5.27. The van der Waals surface area contributed by atoms with E-state index in [0.29, 0.717) is 24.6 Å². The van der Waals surface area contributed by atoms with Crippen LogP contribution in [0.1, 0.15) is 23.2 Å². The summed E-state index contributed by atoms with van der Waals surface area (Å²) in [7, 11) is 0. The van der Waals surface area contributed by atoms with Gasteiger partial charge in [0.2, 0.25) is 0 Å². The molecule has 1 amide bonds. The summed E-state index contributed by atoms with van der Waals surface area (Å²) >= 11 is 5.84. The maximum atomic E-state index is 12.4. The predicted molar refractivity (Wildman–Crippen MR) is 76.2 cm³/mol. The van der Waals surface area contributed by atoms with E-state index in [1.807, 2.05) is 0 Å². The molecule has 3 unspecified atom stereocenters.